The number of benzene rings is 1. The summed E-state index contributed by atoms with van der Waals surface area (Å²) in [5, 5.41) is 0.634. The van der Waals surface area contributed by atoms with Crippen molar-refractivity contribution in [3.8, 4) is 0 Å². The zero-order valence-corrected chi connectivity index (χ0v) is 17.1. The van der Waals surface area contributed by atoms with Gasteiger partial charge in [-0.25, -0.2) is 4.79 Å². The zero-order chi connectivity index (χ0) is 19.8. The Bertz CT molecular complexity index is 744. The molecule has 0 aromatic heterocycles. The molecule has 0 saturated carbocycles. The van der Waals surface area contributed by atoms with E-state index >= 15 is 0 Å². The molecule has 0 bridgehead atoms. The van der Waals surface area contributed by atoms with Crippen LogP contribution in [0.1, 0.15) is 50.4 Å². The van der Waals surface area contributed by atoms with Gasteiger partial charge in [-0.2, -0.15) is 0 Å². The van der Waals surface area contributed by atoms with Gasteiger partial charge in [-0.1, -0.05) is 11.6 Å². The molecule has 2 heterocycles. The minimum atomic E-state index is -0.570. The lowest BCUT2D eigenvalue weighted by Gasteiger charge is -2.39. The van der Waals surface area contributed by atoms with Crippen LogP contribution in [0.5, 0.6) is 0 Å². The number of nitrogens with zero attached hydrogens (tertiary/aromatic N) is 2. The molecule has 0 N–H and O–H groups in total. The van der Waals surface area contributed by atoms with Crippen LogP contribution < -0.4 is 0 Å². The van der Waals surface area contributed by atoms with E-state index in [0.29, 0.717) is 37.9 Å². The maximum Gasteiger partial charge on any atom is 0.410 e. The van der Waals surface area contributed by atoms with E-state index in [0.717, 1.165) is 23.1 Å². The monoisotopic (exact) mass is 394 g/mol. The summed E-state index contributed by atoms with van der Waals surface area (Å²) in [5.41, 5.74) is 2.56. The SMILES string of the molecule is CC(=O)N1CCc2cc(Cl)cc([C@H]3COCCN3C(=O)OC(C)(C)C)c2C1. The first-order valence-electron chi connectivity index (χ1n) is 9.30. The highest BCUT2D eigenvalue weighted by atomic mass is 35.5. The van der Waals surface area contributed by atoms with E-state index in [1.165, 1.54) is 0 Å². The molecule has 6 nitrogen and oxygen atoms in total. The van der Waals surface area contributed by atoms with Crippen LogP contribution in [0.2, 0.25) is 5.02 Å². The molecule has 2 aliphatic heterocycles. The summed E-state index contributed by atoms with van der Waals surface area (Å²) >= 11 is 6.38. The van der Waals surface area contributed by atoms with Crippen LogP contribution in [-0.4, -0.2) is 53.7 Å². The summed E-state index contributed by atoms with van der Waals surface area (Å²) in [6.07, 6.45) is 0.395. The fourth-order valence-corrected chi connectivity index (χ4v) is 3.87. The highest BCUT2D eigenvalue weighted by Crippen LogP contribution is 2.35. The van der Waals surface area contributed by atoms with Gasteiger partial charge in [-0.3, -0.25) is 9.69 Å². The molecule has 1 aromatic rings. The Labute approximate surface area is 165 Å². The molecule has 2 amide bonds. The van der Waals surface area contributed by atoms with Crippen molar-refractivity contribution in [2.75, 3.05) is 26.3 Å². The van der Waals surface area contributed by atoms with Crippen LogP contribution in [0.3, 0.4) is 0 Å². The van der Waals surface area contributed by atoms with Crippen LogP contribution >= 0.6 is 11.6 Å². The van der Waals surface area contributed by atoms with Crippen molar-refractivity contribution in [1.82, 2.24) is 9.80 Å². The summed E-state index contributed by atoms with van der Waals surface area (Å²) in [5.74, 6) is 0.0467. The molecule has 1 fully saturated rings. The van der Waals surface area contributed by atoms with Crippen LogP contribution in [0.15, 0.2) is 12.1 Å². The van der Waals surface area contributed by atoms with E-state index in [4.69, 9.17) is 21.1 Å². The van der Waals surface area contributed by atoms with Gasteiger partial charge in [-0.05, 0) is 56.0 Å². The third-order valence-corrected chi connectivity index (χ3v) is 5.12. The first-order chi connectivity index (χ1) is 12.7. The molecule has 1 atom stereocenters. The van der Waals surface area contributed by atoms with Crippen molar-refractivity contribution >= 4 is 23.6 Å². The van der Waals surface area contributed by atoms with Crippen LogP contribution in [-0.2, 0) is 27.2 Å². The summed E-state index contributed by atoms with van der Waals surface area (Å²) < 4.78 is 11.3. The molecule has 1 saturated heterocycles. The maximum absolute atomic E-state index is 12.8. The van der Waals surface area contributed by atoms with E-state index < -0.39 is 5.60 Å². The number of carbonyl (C=O) groups is 2. The molecule has 1 aromatic carbocycles. The quantitative estimate of drug-likeness (QED) is 0.730. The molecule has 27 heavy (non-hydrogen) atoms. The second kappa shape index (κ2) is 7.68. The number of fused-ring (bicyclic) bond motifs is 1. The lowest BCUT2D eigenvalue weighted by Crippen LogP contribution is -2.46. The molecule has 0 unspecified atom stereocenters. The van der Waals surface area contributed by atoms with Gasteiger partial charge in [0.2, 0.25) is 5.91 Å². The Morgan fingerprint density at radius 2 is 2.00 bits per heavy atom. The second-order valence-corrected chi connectivity index (χ2v) is 8.52. The third kappa shape index (κ3) is 4.55. The largest absolute Gasteiger partial charge is 0.444 e. The van der Waals surface area contributed by atoms with E-state index in [9.17, 15) is 9.59 Å². The third-order valence-electron chi connectivity index (χ3n) is 4.90. The highest BCUT2D eigenvalue weighted by Gasteiger charge is 2.35. The number of hydrogen-bond acceptors (Lipinski definition) is 4. The first kappa shape index (κ1) is 20.0. The maximum atomic E-state index is 12.8. The summed E-state index contributed by atoms with van der Waals surface area (Å²) in [4.78, 5) is 28.2. The van der Waals surface area contributed by atoms with E-state index in [-0.39, 0.29) is 18.0 Å². The Hall–Kier alpha value is -1.79. The minimum Gasteiger partial charge on any atom is -0.444 e. The van der Waals surface area contributed by atoms with Crippen molar-refractivity contribution in [2.45, 2.75) is 52.3 Å². The molecule has 148 valence electrons. The molecule has 0 aliphatic carbocycles. The number of carbonyl (C=O) groups excluding carboxylic acids is 2. The summed E-state index contributed by atoms with van der Waals surface area (Å²) in [6.45, 7) is 9.65. The fourth-order valence-electron chi connectivity index (χ4n) is 3.62. The van der Waals surface area contributed by atoms with Crippen molar-refractivity contribution in [1.29, 1.82) is 0 Å². The number of halogens is 1. The number of amides is 2. The lowest BCUT2D eigenvalue weighted by atomic mass is 9.90. The average Bonchev–Trinajstić information content (AvgIpc) is 2.59. The standard InChI is InChI=1S/C20H27ClN2O4/c1-13(24)22-6-5-14-9-15(21)10-16(17(14)11-22)18-12-26-8-7-23(18)19(25)27-20(2,3)4/h9-10,18H,5-8,11-12H2,1-4H3/t18-/m1/s1. The van der Waals surface area contributed by atoms with Crippen LogP contribution in [0.25, 0.3) is 0 Å². The average molecular weight is 395 g/mol. The Balaban J connectivity index is 1.97. The molecular formula is C20H27ClN2O4. The summed E-state index contributed by atoms with van der Waals surface area (Å²) in [7, 11) is 0. The van der Waals surface area contributed by atoms with Gasteiger partial charge in [-0.15, -0.1) is 0 Å². The van der Waals surface area contributed by atoms with Crippen molar-refractivity contribution < 1.29 is 19.1 Å². The Kier molecular flexibility index (Phi) is 5.68. The Morgan fingerprint density at radius 1 is 1.26 bits per heavy atom. The predicted molar refractivity (Wildman–Crippen MR) is 103 cm³/mol. The first-order valence-corrected chi connectivity index (χ1v) is 9.67. The predicted octanol–water partition coefficient (Wildman–Crippen LogP) is 3.55. The van der Waals surface area contributed by atoms with Gasteiger partial charge in [0.05, 0.1) is 19.3 Å². The van der Waals surface area contributed by atoms with Crippen LogP contribution in [0, 0.1) is 0 Å². The number of hydrogen-bond donors (Lipinski definition) is 0. The number of morpholine rings is 1. The molecule has 2 aliphatic rings. The molecule has 7 heteroatoms. The van der Waals surface area contributed by atoms with Gasteiger partial charge in [0.15, 0.2) is 0 Å². The molecule has 0 spiro atoms. The lowest BCUT2D eigenvalue weighted by molar-refractivity contribution is -0.129. The summed E-state index contributed by atoms with van der Waals surface area (Å²) in [6, 6.07) is 3.56. The van der Waals surface area contributed by atoms with E-state index in [2.05, 4.69) is 0 Å². The number of rotatable bonds is 1. The van der Waals surface area contributed by atoms with E-state index in [1.807, 2.05) is 37.8 Å². The van der Waals surface area contributed by atoms with Crippen molar-refractivity contribution in [3.63, 3.8) is 0 Å². The van der Waals surface area contributed by atoms with Gasteiger partial charge in [0.1, 0.15) is 5.60 Å². The molecule has 3 rings (SSSR count). The minimum absolute atomic E-state index is 0.0467. The Morgan fingerprint density at radius 3 is 2.67 bits per heavy atom. The van der Waals surface area contributed by atoms with Crippen LogP contribution in [0.4, 0.5) is 4.79 Å². The highest BCUT2D eigenvalue weighted by molar-refractivity contribution is 6.30. The topological polar surface area (TPSA) is 59.1 Å². The molecular weight excluding hydrogens is 368 g/mol. The van der Waals surface area contributed by atoms with E-state index in [1.54, 1.807) is 11.8 Å². The van der Waals surface area contributed by atoms with Gasteiger partial charge < -0.3 is 14.4 Å². The van der Waals surface area contributed by atoms with Crippen molar-refractivity contribution in [2.24, 2.45) is 0 Å². The number of ether oxygens (including phenoxy) is 2. The zero-order valence-electron chi connectivity index (χ0n) is 16.4. The smallest absolute Gasteiger partial charge is 0.410 e. The fraction of sp³-hybridized carbons (Fsp3) is 0.600. The normalized spacial score (nSPS) is 20.3. The second-order valence-electron chi connectivity index (χ2n) is 8.09. The molecule has 0 radical (unpaired) electrons. The van der Waals surface area contributed by atoms with Crippen molar-refractivity contribution in [3.05, 3.63) is 33.8 Å². The van der Waals surface area contributed by atoms with Gasteiger partial charge >= 0.3 is 6.09 Å². The van der Waals surface area contributed by atoms with Gasteiger partial charge in [0.25, 0.3) is 0 Å². The van der Waals surface area contributed by atoms with Gasteiger partial charge in [0, 0.05) is 31.6 Å².